The summed E-state index contributed by atoms with van der Waals surface area (Å²) in [5, 5.41) is 0. The van der Waals surface area contributed by atoms with E-state index in [4.69, 9.17) is 0 Å². The fraction of sp³-hybridized carbons (Fsp3) is 0.174. The summed E-state index contributed by atoms with van der Waals surface area (Å²) in [5.74, 6) is -0.122. The number of hydrogen-bond donors (Lipinski definition) is 0. The molecule has 0 unspecified atom stereocenters. The van der Waals surface area contributed by atoms with Crippen molar-refractivity contribution in [3.63, 3.8) is 0 Å². The van der Waals surface area contributed by atoms with Crippen molar-refractivity contribution in [1.29, 1.82) is 0 Å². The Morgan fingerprint density at radius 3 is 2.34 bits per heavy atom. The number of carbonyl (C=O) groups is 1. The van der Waals surface area contributed by atoms with Gasteiger partial charge in [-0.15, -0.1) is 11.3 Å². The van der Waals surface area contributed by atoms with E-state index in [-0.39, 0.29) is 15.0 Å². The Kier molecular flexibility index (Phi) is 5.39. The Hall–Kier alpha value is -2.70. The number of sulfone groups is 1. The predicted molar refractivity (Wildman–Crippen MR) is 116 cm³/mol. The first kappa shape index (κ1) is 19.6. The van der Waals surface area contributed by atoms with Crippen LogP contribution < -0.4 is 0 Å². The molecule has 1 aromatic heterocycles. The first-order chi connectivity index (χ1) is 13.9. The van der Waals surface area contributed by atoms with Crippen molar-refractivity contribution in [3.8, 4) is 0 Å². The van der Waals surface area contributed by atoms with E-state index in [1.807, 2.05) is 25.1 Å². The van der Waals surface area contributed by atoms with Crippen LogP contribution in [0.2, 0.25) is 0 Å². The molecule has 4 rings (SSSR count). The molecule has 1 amide bonds. The van der Waals surface area contributed by atoms with Crippen molar-refractivity contribution in [2.75, 3.05) is 13.1 Å². The third-order valence-electron chi connectivity index (χ3n) is 5.03. The standard InChI is InChI=1S/C23H21NO3S2/c1-17-7-9-20(10-8-17)29(26,27)22-12-11-21(28-22)23(25)24-15-13-19(14-16-24)18-5-3-2-4-6-18/h2-13H,14-16H2,1H3. The first-order valence-corrected chi connectivity index (χ1v) is 11.7. The van der Waals surface area contributed by atoms with E-state index >= 15 is 0 Å². The fourth-order valence-electron chi connectivity index (χ4n) is 3.34. The Morgan fingerprint density at radius 2 is 1.69 bits per heavy atom. The third kappa shape index (κ3) is 4.04. The van der Waals surface area contributed by atoms with Crippen molar-refractivity contribution < 1.29 is 13.2 Å². The fourth-order valence-corrected chi connectivity index (χ4v) is 6.01. The van der Waals surface area contributed by atoms with Crippen LogP contribution in [-0.2, 0) is 9.84 Å². The number of thiophene rings is 1. The Morgan fingerprint density at radius 1 is 0.966 bits per heavy atom. The number of nitrogens with zero attached hydrogens (tertiary/aromatic N) is 1. The lowest BCUT2D eigenvalue weighted by Crippen LogP contribution is -2.34. The summed E-state index contributed by atoms with van der Waals surface area (Å²) >= 11 is 1.04. The lowest BCUT2D eigenvalue weighted by Gasteiger charge is -2.26. The van der Waals surface area contributed by atoms with Gasteiger partial charge in [-0.05, 0) is 48.7 Å². The quantitative estimate of drug-likeness (QED) is 0.605. The average molecular weight is 424 g/mol. The van der Waals surface area contributed by atoms with E-state index in [9.17, 15) is 13.2 Å². The molecule has 1 aliphatic rings. The van der Waals surface area contributed by atoms with Crippen LogP contribution in [-0.4, -0.2) is 32.3 Å². The molecular formula is C23H21NO3S2. The summed E-state index contributed by atoms with van der Waals surface area (Å²) in [6.07, 6.45) is 2.87. The molecule has 29 heavy (non-hydrogen) atoms. The molecule has 0 saturated carbocycles. The zero-order valence-electron chi connectivity index (χ0n) is 16.0. The molecule has 0 fully saturated rings. The van der Waals surface area contributed by atoms with Crippen LogP contribution in [0.4, 0.5) is 0 Å². The van der Waals surface area contributed by atoms with Crippen LogP contribution in [0, 0.1) is 6.92 Å². The van der Waals surface area contributed by atoms with E-state index in [2.05, 4.69) is 18.2 Å². The second-order valence-corrected chi connectivity index (χ2v) is 10.3. The Bertz CT molecular complexity index is 1160. The summed E-state index contributed by atoms with van der Waals surface area (Å²) in [6, 6.07) is 20.1. The minimum absolute atomic E-state index is 0.122. The molecule has 0 aliphatic carbocycles. The summed E-state index contributed by atoms with van der Waals surface area (Å²) in [6.45, 7) is 3.06. The highest BCUT2D eigenvalue weighted by atomic mass is 32.2. The highest BCUT2D eigenvalue weighted by Crippen LogP contribution is 2.30. The van der Waals surface area contributed by atoms with Gasteiger partial charge in [0.25, 0.3) is 5.91 Å². The van der Waals surface area contributed by atoms with Crippen molar-refractivity contribution in [2.45, 2.75) is 22.4 Å². The van der Waals surface area contributed by atoms with Gasteiger partial charge in [-0.25, -0.2) is 8.42 Å². The van der Waals surface area contributed by atoms with Crippen molar-refractivity contribution in [3.05, 3.63) is 88.8 Å². The maximum absolute atomic E-state index is 12.9. The van der Waals surface area contributed by atoms with Gasteiger partial charge >= 0.3 is 0 Å². The Labute approximate surface area is 175 Å². The van der Waals surface area contributed by atoms with E-state index in [1.54, 1.807) is 35.2 Å². The van der Waals surface area contributed by atoms with Crippen molar-refractivity contribution in [2.24, 2.45) is 0 Å². The zero-order valence-corrected chi connectivity index (χ0v) is 17.7. The van der Waals surface area contributed by atoms with Gasteiger partial charge in [-0.2, -0.15) is 0 Å². The highest BCUT2D eigenvalue weighted by molar-refractivity contribution is 7.93. The van der Waals surface area contributed by atoms with Gasteiger partial charge in [-0.3, -0.25) is 4.79 Å². The van der Waals surface area contributed by atoms with Crippen LogP contribution >= 0.6 is 11.3 Å². The smallest absolute Gasteiger partial charge is 0.264 e. The first-order valence-electron chi connectivity index (χ1n) is 9.40. The number of rotatable bonds is 4. The van der Waals surface area contributed by atoms with Gasteiger partial charge in [0, 0.05) is 13.1 Å². The highest BCUT2D eigenvalue weighted by Gasteiger charge is 2.25. The van der Waals surface area contributed by atoms with Crippen LogP contribution in [0.15, 0.2) is 81.9 Å². The van der Waals surface area contributed by atoms with Crippen molar-refractivity contribution >= 4 is 32.7 Å². The van der Waals surface area contributed by atoms with Gasteiger partial charge < -0.3 is 4.90 Å². The molecule has 0 radical (unpaired) electrons. The molecule has 0 saturated heterocycles. The second kappa shape index (κ2) is 7.97. The van der Waals surface area contributed by atoms with Crippen molar-refractivity contribution in [1.82, 2.24) is 4.90 Å². The van der Waals surface area contributed by atoms with Gasteiger partial charge in [0.15, 0.2) is 0 Å². The molecule has 1 aliphatic heterocycles. The summed E-state index contributed by atoms with van der Waals surface area (Å²) in [4.78, 5) is 15.3. The topological polar surface area (TPSA) is 54.5 Å². The largest absolute Gasteiger partial charge is 0.334 e. The van der Waals surface area contributed by atoms with Gasteiger partial charge in [-0.1, -0.05) is 54.1 Å². The molecule has 3 aromatic rings. The van der Waals surface area contributed by atoms with Crippen LogP contribution in [0.1, 0.15) is 27.2 Å². The number of hydrogen-bond acceptors (Lipinski definition) is 4. The molecule has 0 spiro atoms. The van der Waals surface area contributed by atoms with Crippen LogP contribution in [0.25, 0.3) is 5.57 Å². The number of aryl methyl sites for hydroxylation is 1. The zero-order chi connectivity index (χ0) is 20.4. The normalized spacial score (nSPS) is 14.5. The number of amides is 1. The number of benzene rings is 2. The SMILES string of the molecule is Cc1ccc(S(=O)(=O)c2ccc(C(=O)N3CC=C(c4ccccc4)CC3)s2)cc1. The lowest BCUT2D eigenvalue weighted by atomic mass is 9.99. The van der Waals surface area contributed by atoms with Gasteiger partial charge in [0.05, 0.1) is 9.77 Å². The minimum atomic E-state index is -3.61. The van der Waals surface area contributed by atoms with Gasteiger partial charge in [0.1, 0.15) is 4.21 Å². The third-order valence-corrected chi connectivity index (χ3v) is 8.36. The summed E-state index contributed by atoms with van der Waals surface area (Å²) in [5.41, 5.74) is 3.42. The summed E-state index contributed by atoms with van der Waals surface area (Å²) < 4.78 is 25.9. The van der Waals surface area contributed by atoms with Gasteiger partial charge in [0.2, 0.25) is 9.84 Å². The van der Waals surface area contributed by atoms with E-state index in [1.165, 1.54) is 17.2 Å². The molecule has 2 heterocycles. The molecule has 6 heteroatoms. The minimum Gasteiger partial charge on any atom is -0.334 e. The average Bonchev–Trinajstić information content (AvgIpc) is 3.25. The predicted octanol–water partition coefficient (Wildman–Crippen LogP) is 4.82. The molecule has 148 valence electrons. The van der Waals surface area contributed by atoms with E-state index in [0.717, 1.165) is 23.3 Å². The van der Waals surface area contributed by atoms with E-state index < -0.39 is 9.84 Å². The molecule has 2 aromatic carbocycles. The maximum atomic E-state index is 12.9. The van der Waals surface area contributed by atoms with Crippen LogP contribution in [0.5, 0.6) is 0 Å². The monoisotopic (exact) mass is 423 g/mol. The maximum Gasteiger partial charge on any atom is 0.264 e. The number of carbonyl (C=O) groups excluding carboxylic acids is 1. The molecule has 0 N–H and O–H groups in total. The molecule has 0 atom stereocenters. The molecule has 4 nitrogen and oxygen atoms in total. The van der Waals surface area contributed by atoms with E-state index in [0.29, 0.717) is 18.0 Å². The molecule has 0 bridgehead atoms. The molecular weight excluding hydrogens is 402 g/mol. The summed E-state index contributed by atoms with van der Waals surface area (Å²) in [7, 11) is -3.61. The lowest BCUT2D eigenvalue weighted by molar-refractivity contribution is 0.0777. The second-order valence-electron chi connectivity index (χ2n) is 7.03. The van der Waals surface area contributed by atoms with Crippen LogP contribution in [0.3, 0.4) is 0 Å². The Balaban J connectivity index is 1.51.